The zero-order valence-corrected chi connectivity index (χ0v) is 36.4. The standard InChI is InChI=1S/C43H67N11O9/c1-26(2)21-34-41(62)54-43(25-55,16-19-46)24-49-31(13-17-44)39(60)53-37(27(3)56)42(63)47-20-15-33(40(61)52-32(14-18-45)38(59)48-23-36(58)51-34)50-35(57)22-28-9-11-30(12-10-28)29-7-5-4-6-8-29/h4-12,25-27,31-34,37,42,47,49,56,63H,13-24,44-46H2,1-3H3,(H,48,59)(H,50,57)(H,51,58)(H,52,61)(H,53,60)(H,54,62)/t27-,31+,32+,33+,34+,37+,42?,43-/m1/s1. The normalized spacial score (nSPS) is 25.7. The van der Waals surface area contributed by atoms with Gasteiger partial charge in [-0.3, -0.25) is 34.1 Å². The van der Waals surface area contributed by atoms with E-state index in [1.165, 1.54) is 6.92 Å². The molecular formula is C43H67N11O9. The van der Waals surface area contributed by atoms with Gasteiger partial charge in [-0.2, -0.15) is 0 Å². The molecule has 16 N–H and O–H groups in total. The largest absolute Gasteiger partial charge is 0.391 e. The maximum Gasteiger partial charge on any atom is 0.243 e. The van der Waals surface area contributed by atoms with Gasteiger partial charge in [0.05, 0.1) is 31.2 Å². The number of benzene rings is 2. The fourth-order valence-electron chi connectivity index (χ4n) is 7.04. The third kappa shape index (κ3) is 17.0. The van der Waals surface area contributed by atoms with E-state index in [0.29, 0.717) is 11.8 Å². The second-order valence-corrected chi connectivity index (χ2v) is 16.2. The maximum atomic E-state index is 13.9. The fourth-order valence-corrected chi connectivity index (χ4v) is 7.04. The Bertz CT molecular complexity index is 1800. The molecule has 3 rings (SSSR count). The molecular weight excluding hydrogens is 815 g/mol. The monoisotopic (exact) mass is 882 g/mol. The van der Waals surface area contributed by atoms with Crippen LogP contribution in [-0.4, -0.2) is 139 Å². The molecule has 6 amide bonds. The number of amides is 6. The van der Waals surface area contributed by atoms with Crippen molar-refractivity contribution in [3.63, 3.8) is 0 Å². The van der Waals surface area contributed by atoms with E-state index in [-0.39, 0.29) is 77.2 Å². The van der Waals surface area contributed by atoms with Gasteiger partial charge in [0.1, 0.15) is 36.2 Å². The minimum atomic E-state index is -1.64. The molecule has 0 radical (unpaired) electrons. The molecule has 63 heavy (non-hydrogen) atoms. The Hall–Kier alpha value is -5.35. The van der Waals surface area contributed by atoms with E-state index >= 15 is 0 Å². The molecule has 0 spiro atoms. The SMILES string of the molecule is CC(C)C[C@@H]1NC(=O)CNC(=O)[C@H](CCN)NC(=O)[C@@H](NC(=O)Cc2ccc(-c3ccccc3)cc2)CCNC(O)[C@H]([C@@H](C)O)NC(=O)[C@H](CCN)NC[C@@](C=O)(CCN)NC1=O. The van der Waals surface area contributed by atoms with Crippen molar-refractivity contribution in [3.8, 4) is 11.1 Å². The summed E-state index contributed by atoms with van der Waals surface area (Å²) in [5.74, 6) is -4.32. The first-order chi connectivity index (χ1) is 30.0. The molecule has 1 fully saturated rings. The average molecular weight is 882 g/mol. The smallest absolute Gasteiger partial charge is 0.243 e. The minimum Gasteiger partial charge on any atom is -0.391 e. The number of aliphatic hydroxyl groups excluding tert-OH is 2. The van der Waals surface area contributed by atoms with Crippen molar-refractivity contribution in [3.05, 3.63) is 60.2 Å². The van der Waals surface area contributed by atoms with Crippen LogP contribution in [0.3, 0.4) is 0 Å². The fraction of sp³-hybridized carbons (Fsp3) is 0.558. The van der Waals surface area contributed by atoms with Gasteiger partial charge in [-0.1, -0.05) is 68.4 Å². The second-order valence-electron chi connectivity index (χ2n) is 16.2. The zero-order chi connectivity index (χ0) is 46.5. The molecule has 8 atom stereocenters. The van der Waals surface area contributed by atoms with Gasteiger partial charge in [-0.15, -0.1) is 0 Å². The van der Waals surface area contributed by atoms with E-state index in [2.05, 4.69) is 42.5 Å². The van der Waals surface area contributed by atoms with E-state index in [1.54, 1.807) is 12.1 Å². The van der Waals surface area contributed by atoms with Crippen molar-refractivity contribution in [1.29, 1.82) is 0 Å². The van der Waals surface area contributed by atoms with Crippen molar-refractivity contribution in [2.75, 3.05) is 39.3 Å². The molecule has 0 aliphatic carbocycles. The van der Waals surface area contributed by atoms with E-state index < -0.39 is 90.1 Å². The summed E-state index contributed by atoms with van der Waals surface area (Å²) in [4.78, 5) is 94.1. The lowest BCUT2D eigenvalue weighted by atomic mass is 9.94. The Morgan fingerprint density at radius 1 is 0.810 bits per heavy atom. The van der Waals surface area contributed by atoms with Gasteiger partial charge in [0.25, 0.3) is 0 Å². The Kier molecular flexibility index (Phi) is 21.7. The first kappa shape index (κ1) is 52.0. The number of rotatable bonds is 14. The van der Waals surface area contributed by atoms with E-state index in [1.807, 2.05) is 56.3 Å². The molecule has 20 nitrogen and oxygen atoms in total. The van der Waals surface area contributed by atoms with E-state index in [0.717, 1.165) is 11.1 Å². The summed E-state index contributed by atoms with van der Waals surface area (Å²) < 4.78 is 0. The zero-order valence-electron chi connectivity index (χ0n) is 36.4. The van der Waals surface area contributed by atoms with Crippen LogP contribution in [0.2, 0.25) is 0 Å². The number of nitrogens with two attached hydrogens (primary N) is 3. The minimum absolute atomic E-state index is 0.0158. The Morgan fingerprint density at radius 2 is 1.46 bits per heavy atom. The lowest BCUT2D eigenvalue weighted by Gasteiger charge is -2.34. The molecule has 2 aromatic rings. The number of aldehydes is 1. The third-order valence-electron chi connectivity index (χ3n) is 10.5. The number of hydrogen-bond donors (Lipinski definition) is 13. The molecule has 0 aromatic heterocycles. The van der Waals surface area contributed by atoms with Crippen LogP contribution in [0.4, 0.5) is 0 Å². The third-order valence-corrected chi connectivity index (χ3v) is 10.5. The summed E-state index contributed by atoms with van der Waals surface area (Å²) in [7, 11) is 0. The summed E-state index contributed by atoms with van der Waals surface area (Å²) in [6, 6.07) is 11.0. The van der Waals surface area contributed by atoms with Crippen LogP contribution in [0.25, 0.3) is 11.1 Å². The van der Waals surface area contributed by atoms with Crippen LogP contribution in [0.15, 0.2) is 54.6 Å². The van der Waals surface area contributed by atoms with Crippen molar-refractivity contribution < 1.29 is 43.8 Å². The van der Waals surface area contributed by atoms with Crippen LogP contribution in [0, 0.1) is 5.92 Å². The number of aliphatic hydroxyl groups is 2. The number of hydrogen-bond acceptors (Lipinski definition) is 14. The summed E-state index contributed by atoms with van der Waals surface area (Å²) in [6.45, 7) is 3.90. The average Bonchev–Trinajstić information content (AvgIpc) is 3.25. The Morgan fingerprint density at radius 3 is 2.06 bits per heavy atom. The lowest BCUT2D eigenvalue weighted by Crippen LogP contribution is -2.64. The summed E-state index contributed by atoms with van der Waals surface area (Å²) in [5, 5.41) is 43.3. The molecule has 1 saturated heterocycles. The maximum absolute atomic E-state index is 13.9. The van der Waals surface area contributed by atoms with Crippen LogP contribution in [-0.2, 0) is 40.0 Å². The molecule has 1 heterocycles. The lowest BCUT2D eigenvalue weighted by molar-refractivity contribution is -0.133. The van der Waals surface area contributed by atoms with Crippen molar-refractivity contribution in [2.45, 2.75) is 107 Å². The Labute approximate surface area is 368 Å². The molecule has 348 valence electrons. The van der Waals surface area contributed by atoms with E-state index in [9.17, 15) is 43.8 Å². The van der Waals surface area contributed by atoms with Gasteiger partial charge < -0.3 is 69.4 Å². The van der Waals surface area contributed by atoms with Crippen molar-refractivity contribution >= 4 is 41.7 Å². The predicted molar refractivity (Wildman–Crippen MR) is 236 cm³/mol. The first-order valence-electron chi connectivity index (χ1n) is 21.4. The summed E-state index contributed by atoms with van der Waals surface area (Å²) in [6.07, 6.45) is -2.55. The molecule has 0 bridgehead atoms. The quantitative estimate of drug-likeness (QED) is 0.0830. The topological polar surface area (TPSA) is 334 Å². The van der Waals surface area contributed by atoms with Crippen molar-refractivity contribution in [2.24, 2.45) is 23.1 Å². The van der Waals surface area contributed by atoms with Gasteiger partial charge in [-0.25, -0.2) is 0 Å². The highest BCUT2D eigenvalue weighted by molar-refractivity contribution is 5.95. The van der Waals surface area contributed by atoms with Gasteiger partial charge in [0.15, 0.2) is 0 Å². The summed E-state index contributed by atoms with van der Waals surface area (Å²) >= 11 is 0. The first-order valence-corrected chi connectivity index (χ1v) is 21.4. The van der Waals surface area contributed by atoms with Gasteiger partial charge in [0, 0.05) is 13.1 Å². The number of carbonyl (C=O) groups is 7. The highest BCUT2D eigenvalue weighted by Gasteiger charge is 2.37. The van der Waals surface area contributed by atoms with Crippen LogP contribution >= 0.6 is 0 Å². The van der Waals surface area contributed by atoms with Gasteiger partial charge in [-0.05, 0) is 81.3 Å². The number of carbonyl (C=O) groups excluding carboxylic acids is 7. The highest BCUT2D eigenvalue weighted by Crippen LogP contribution is 2.19. The Balaban J connectivity index is 1.95. The van der Waals surface area contributed by atoms with Crippen LogP contribution in [0.1, 0.15) is 58.4 Å². The predicted octanol–water partition coefficient (Wildman–Crippen LogP) is -3.25. The molecule has 20 heteroatoms. The van der Waals surface area contributed by atoms with Crippen LogP contribution in [0.5, 0.6) is 0 Å². The van der Waals surface area contributed by atoms with Crippen molar-refractivity contribution in [1.82, 2.24) is 42.5 Å². The highest BCUT2D eigenvalue weighted by atomic mass is 16.3. The molecule has 1 unspecified atom stereocenters. The summed E-state index contributed by atoms with van der Waals surface area (Å²) in [5.41, 5.74) is 18.5. The van der Waals surface area contributed by atoms with E-state index in [4.69, 9.17) is 17.2 Å². The molecule has 1 aliphatic rings. The van der Waals surface area contributed by atoms with Crippen LogP contribution < -0.4 is 59.7 Å². The molecule has 0 saturated carbocycles. The number of nitrogens with one attached hydrogen (secondary N) is 8. The second kappa shape index (κ2) is 26.3. The molecule has 1 aliphatic heterocycles. The molecule has 2 aromatic carbocycles. The van der Waals surface area contributed by atoms with Gasteiger partial charge >= 0.3 is 0 Å². The van der Waals surface area contributed by atoms with Gasteiger partial charge in [0.2, 0.25) is 35.4 Å².